The number of hydrogen-bond donors (Lipinski definition) is 1. The molecule has 4 aromatic carbocycles. The normalized spacial score (nSPS) is 14.7. The highest BCUT2D eigenvalue weighted by Gasteiger charge is 2.35. The number of H-pyrrole nitrogens is 1. The molecule has 0 saturated carbocycles. The van der Waals surface area contributed by atoms with Gasteiger partial charge in [-0.2, -0.15) is 0 Å². The summed E-state index contributed by atoms with van der Waals surface area (Å²) < 4.78 is 11.8. The highest BCUT2D eigenvalue weighted by molar-refractivity contribution is 6.31. The van der Waals surface area contributed by atoms with E-state index in [0.717, 1.165) is 38.6 Å². The first-order valence-electron chi connectivity index (χ1n) is 13.2. The maximum atomic E-state index is 13.5. The summed E-state index contributed by atoms with van der Waals surface area (Å²) in [6.07, 6.45) is 0.219. The minimum Gasteiger partial charge on any atom is -0.439 e. The Bertz CT molecular complexity index is 1900. The molecule has 0 spiro atoms. The van der Waals surface area contributed by atoms with Crippen molar-refractivity contribution in [1.82, 2.24) is 14.9 Å². The lowest BCUT2D eigenvalue weighted by molar-refractivity contribution is 0.135. The maximum Gasteiger partial charge on any atom is 0.416 e. The number of carbonyl (C=O) groups excluding carboxylic acids is 1. The zero-order chi connectivity index (χ0) is 27.9. The van der Waals surface area contributed by atoms with Crippen molar-refractivity contribution < 1.29 is 14.3 Å². The minimum atomic E-state index is -0.444. The molecule has 0 aliphatic carbocycles. The molecule has 0 saturated heterocycles. The number of carbonyl (C=O) groups is 1. The van der Waals surface area contributed by atoms with Gasteiger partial charge in [-0.1, -0.05) is 53.5 Å². The summed E-state index contributed by atoms with van der Waals surface area (Å²) in [5.41, 5.74) is 4.83. The number of nitrogens with one attached hydrogen (secondary N) is 1. The van der Waals surface area contributed by atoms with Crippen molar-refractivity contribution >= 4 is 51.1 Å². The van der Waals surface area contributed by atoms with Crippen molar-refractivity contribution in [2.45, 2.75) is 12.5 Å². The number of rotatable bonds is 4. The molecule has 1 atom stereocenters. The molecule has 0 radical (unpaired) electrons. The highest BCUT2D eigenvalue weighted by Crippen LogP contribution is 2.40. The third-order valence-electron chi connectivity index (χ3n) is 7.33. The van der Waals surface area contributed by atoms with Gasteiger partial charge in [0.2, 0.25) is 5.88 Å². The minimum absolute atomic E-state index is 0.405. The summed E-state index contributed by atoms with van der Waals surface area (Å²) >= 11 is 12.4. The topological polar surface area (TPSA) is 67.5 Å². The first kappa shape index (κ1) is 25.4. The number of fused-ring (bicyclic) bond motifs is 4. The molecular formula is C33H23Cl2N3O3. The molecule has 1 amide bonds. The number of aromatic nitrogens is 2. The zero-order valence-corrected chi connectivity index (χ0v) is 23.2. The SMILES string of the molecule is O=C(Oc1ccc(Cl)cc1)N1CCc2c([nH]c3ccc(Cl)cc23)[C@@H]1c1ccc(Oc2ccc3ccccc3n2)cc1. The molecule has 41 heavy (non-hydrogen) atoms. The second-order valence-corrected chi connectivity index (χ2v) is 10.8. The smallest absolute Gasteiger partial charge is 0.416 e. The Hall–Kier alpha value is -4.52. The van der Waals surface area contributed by atoms with Crippen LogP contribution in [0.25, 0.3) is 21.8 Å². The fraction of sp³-hybridized carbons (Fsp3) is 0.0909. The van der Waals surface area contributed by atoms with Crippen LogP contribution < -0.4 is 9.47 Å². The van der Waals surface area contributed by atoms with E-state index in [1.807, 2.05) is 78.9 Å². The molecule has 7 rings (SSSR count). The quantitative estimate of drug-likeness (QED) is 0.226. The summed E-state index contributed by atoms with van der Waals surface area (Å²) in [5, 5.41) is 3.35. The van der Waals surface area contributed by atoms with Crippen LogP contribution in [0.5, 0.6) is 17.4 Å². The summed E-state index contributed by atoms with van der Waals surface area (Å²) in [5.74, 6) is 1.59. The molecular weight excluding hydrogens is 557 g/mol. The summed E-state index contributed by atoms with van der Waals surface area (Å²) in [6.45, 7) is 0.475. The van der Waals surface area contributed by atoms with Gasteiger partial charge in [0.05, 0.1) is 5.52 Å². The number of ether oxygens (including phenoxy) is 2. The van der Waals surface area contributed by atoms with Crippen molar-refractivity contribution in [3.8, 4) is 17.4 Å². The Morgan fingerprint density at radius 1 is 0.854 bits per heavy atom. The van der Waals surface area contributed by atoms with Gasteiger partial charge in [0, 0.05) is 44.6 Å². The van der Waals surface area contributed by atoms with E-state index in [1.54, 1.807) is 29.2 Å². The van der Waals surface area contributed by atoms with Gasteiger partial charge in [-0.15, -0.1) is 0 Å². The van der Waals surface area contributed by atoms with Crippen LogP contribution in [0.2, 0.25) is 10.0 Å². The fourth-order valence-electron chi connectivity index (χ4n) is 5.41. The van der Waals surface area contributed by atoms with E-state index in [9.17, 15) is 4.79 Å². The van der Waals surface area contributed by atoms with Crippen molar-refractivity contribution in [3.05, 3.63) is 130 Å². The zero-order valence-electron chi connectivity index (χ0n) is 21.7. The van der Waals surface area contributed by atoms with Crippen molar-refractivity contribution in [2.75, 3.05) is 6.54 Å². The van der Waals surface area contributed by atoms with Crippen molar-refractivity contribution in [1.29, 1.82) is 0 Å². The lowest BCUT2D eigenvalue weighted by Crippen LogP contribution is -2.42. The Kier molecular flexibility index (Phi) is 6.50. The summed E-state index contributed by atoms with van der Waals surface area (Å²) in [7, 11) is 0. The van der Waals surface area contributed by atoms with Crippen LogP contribution in [0.4, 0.5) is 4.79 Å². The average molecular weight is 580 g/mol. The van der Waals surface area contributed by atoms with E-state index < -0.39 is 12.1 Å². The second-order valence-electron chi connectivity index (χ2n) is 9.89. The van der Waals surface area contributed by atoms with E-state index in [4.69, 9.17) is 32.7 Å². The summed E-state index contributed by atoms with van der Waals surface area (Å²) in [4.78, 5) is 23.4. The highest BCUT2D eigenvalue weighted by atomic mass is 35.5. The lowest BCUT2D eigenvalue weighted by atomic mass is 9.92. The Labute approximate surface area is 246 Å². The van der Waals surface area contributed by atoms with Crippen LogP contribution in [-0.4, -0.2) is 27.5 Å². The first-order chi connectivity index (χ1) is 20.0. The molecule has 1 aliphatic heterocycles. The largest absolute Gasteiger partial charge is 0.439 e. The van der Waals surface area contributed by atoms with Gasteiger partial charge in [0.25, 0.3) is 0 Å². The Morgan fingerprint density at radius 3 is 2.44 bits per heavy atom. The van der Waals surface area contributed by atoms with Crippen LogP contribution >= 0.6 is 23.2 Å². The molecule has 6 aromatic rings. The molecule has 0 fully saturated rings. The first-order valence-corrected chi connectivity index (χ1v) is 13.9. The van der Waals surface area contributed by atoms with Crippen molar-refractivity contribution in [3.63, 3.8) is 0 Å². The van der Waals surface area contributed by atoms with Gasteiger partial charge in [0.15, 0.2) is 0 Å². The molecule has 0 unspecified atom stereocenters. The molecule has 1 aliphatic rings. The van der Waals surface area contributed by atoms with Crippen LogP contribution in [0.1, 0.15) is 22.9 Å². The monoisotopic (exact) mass is 579 g/mol. The van der Waals surface area contributed by atoms with Gasteiger partial charge in [-0.25, -0.2) is 9.78 Å². The van der Waals surface area contributed by atoms with Crippen LogP contribution in [0.15, 0.2) is 103 Å². The number of aromatic amines is 1. The molecule has 0 bridgehead atoms. The number of para-hydroxylation sites is 1. The molecule has 1 N–H and O–H groups in total. The van der Waals surface area contributed by atoms with E-state index in [0.29, 0.717) is 40.4 Å². The number of pyridine rings is 1. The van der Waals surface area contributed by atoms with E-state index in [-0.39, 0.29) is 0 Å². The number of halogens is 2. The number of hydrogen-bond acceptors (Lipinski definition) is 4. The van der Waals surface area contributed by atoms with E-state index >= 15 is 0 Å². The standard InChI is InChI=1S/C33H23Cl2N3O3/c34-22-8-13-25(14-9-22)41-33(39)38-18-17-26-27-19-23(35)10-15-29(27)37-31(26)32(38)21-5-11-24(12-6-21)40-30-16-7-20-3-1-2-4-28(20)36-30/h1-16,19,32,37H,17-18H2/t32-/m0/s1. The lowest BCUT2D eigenvalue weighted by Gasteiger charge is -2.35. The van der Waals surface area contributed by atoms with Gasteiger partial charge in [0.1, 0.15) is 17.5 Å². The third kappa shape index (κ3) is 4.97. The van der Waals surface area contributed by atoms with E-state index in [1.165, 1.54) is 0 Å². The van der Waals surface area contributed by atoms with Crippen LogP contribution in [-0.2, 0) is 6.42 Å². The number of benzene rings is 4. The van der Waals surface area contributed by atoms with Crippen LogP contribution in [0.3, 0.4) is 0 Å². The van der Waals surface area contributed by atoms with Gasteiger partial charge < -0.3 is 14.5 Å². The van der Waals surface area contributed by atoms with Gasteiger partial charge in [-0.3, -0.25) is 4.90 Å². The van der Waals surface area contributed by atoms with Gasteiger partial charge >= 0.3 is 6.09 Å². The molecule has 3 heterocycles. The molecule has 6 nitrogen and oxygen atoms in total. The Balaban J connectivity index is 1.23. The number of nitrogens with zero attached hydrogens (tertiary/aromatic N) is 2. The van der Waals surface area contributed by atoms with E-state index in [2.05, 4.69) is 9.97 Å². The van der Waals surface area contributed by atoms with Crippen LogP contribution in [0, 0.1) is 0 Å². The predicted molar refractivity (Wildman–Crippen MR) is 161 cm³/mol. The number of amides is 1. The Morgan fingerprint density at radius 2 is 1.61 bits per heavy atom. The summed E-state index contributed by atoms with van der Waals surface area (Å²) in [6, 6.07) is 31.6. The maximum absolute atomic E-state index is 13.5. The predicted octanol–water partition coefficient (Wildman–Crippen LogP) is 8.96. The van der Waals surface area contributed by atoms with Gasteiger partial charge in [-0.05, 0) is 84.3 Å². The fourth-order valence-corrected chi connectivity index (χ4v) is 5.71. The molecule has 8 heteroatoms. The van der Waals surface area contributed by atoms with Crippen molar-refractivity contribution in [2.24, 2.45) is 0 Å². The third-order valence-corrected chi connectivity index (χ3v) is 7.82. The average Bonchev–Trinajstić information content (AvgIpc) is 3.36. The molecule has 202 valence electrons. The molecule has 2 aromatic heterocycles. The second kappa shape index (κ2) is 10.5.